The molecule has 0 bridgehead atoms. The van der Waals surface area contributed by atoms with Crippen molar-refractivity contribution in [2.75, 3.05) is 17.1 Å². The van der Waals surface area contributed by atoms with Crippen LogP contribution in [0, 0.1) is 11.3 Å². The molecule has 0 unspecified atom stereocenters. The molecule has 98 valence electrons. The average molecular weight is 294 g/mol. The highest BCUT2D eigenvalue weighted by Gasteiger charge is 2.24. The Hall–Kier alpha value is -2.11. The number of rotatable bonds is 3. The Labute approximate surface area is 114 Å². The molecule has 2 N–H and O–H groups in total. The van der Waals surface area contributed by atoms with Gasteiger partial charge in [0, 0.05) is 13.2 Å². The van der Waals surface area contributed by atoms with E-state index in [1.807, 2.05) is 6.07 Å². The quantitative estimate of drug-likeness (QED) is 0.922. The van der Waals surface area contributed by atoms with E-state index in [2.05, 4.69) is 4.98 Å². The Balaban J connectivity index is 2.46. The van der Waals surface area contributed by atoms with Crippen LogP contribution in [0.15, 0.2) is 34.8 Å². The van der Waals surface area contributed by atoms with E-state index < -0.39 is 10.0 Å². The number of hydrogen-bond acceptors (Lipinski definition) is 6. The SMILES string of the molecule is CN(c1ccncc1N)S(=O)(=O)c1ccc(C#N)s1. The second-order valence-corrected chi connectivity index (χ2v) is 6.92. The summed E-state index contributed by atoms with van der Waals surface area (Å²) in [5.41, 5.74) is 6.33. The lowest BCUT2D eigenvalue weighted by Gasteiger charge is -2.19. The highest BCUT2D eigenvalue weighted by atomic mass is 32.2. The fourth-order valence-electron chi connectivity index (χ4n) is 1.47. The molecule has 0 aliphatic rings. The summed E-state index contributed by atoms with van der Waals surface area (Å²) in [5.74, 6) is 0. The van der Waals surface area contributed by atoms with Gasteiger partial charge in [0.05, 0.1) is 17.6 Å². The molecule has 2 rings (SSSR count). The van der Waals surface area contributed by atoms with Crippen molar-refractivity contribution in [3.63, 3.8) is 0 Å². The lowest BCUT2D eigenvalue weighted by atomic mass is 10.3. The van der Waals surface area contributed by atoms with Crippen molar-refractivity contribution in [1.29, 1.82) is 5.26 Å². The van der Waals surface area contributed by atoms with Crippen LogP contribution < -0.4 is 10.0 Å². The van der Waals surface area contributed by atoms with Gasteiger partial charge in [0.1, 0.15) is 15.2 Å². The van der Waals surface area contributed by atoms with Gasteiger partial charge in [0.15, 0.2) is 0 Å². The number of nitrogens with zero attached hydrogens (tertiary/aromatic N) is 3. The molecule has 0 aliphatic carbocycles. The molecule has 8 heteroatoms. The van der Waals surface area contributed by atoms with E-state index in [0.717, 1.165) is 15.6 Å². The second kappa shape index (κ2) is 4.87. The standard InChI is InChI=1S/C11H10N4O2S2/c1-15(10-4-5-14-7-9(10)13)19(16,17)11-3-2-8(6-12)18-11/h2-5,7H,13H2,1H3. The van der Waals surface area contributed by atoms with E-state index in [9.17, 15) is 8.42 Å². The fourth-order valence-corrected chi connectivity index (χ4v) is 3.97. The summed E-state index contributed by atoms with van der Waals surface area (Å²) in [5, 5.41) is 8.74. The highest BCUT2D eigenvalue weighted by molar-refractivity contribution is 7.94. The van der Waals surface area contributed by atoms with Crippen molar-refractivity contribution >= 4 is 32.7 Å². The number of nitriles is 1. The van der Waals surface area contributed by atoms with Gasteiger partial charge in [-0.2, -0.15) is 5.26 Å². The van der Waals surface area contributed by atoms with Crippen LogP contribution in [-0.2, 0) is 10.0 Å². The normalized spacial score (nSPS) is 10.9. The lowest BCUT2D eigenvalue weighted by molar-refractivity contribution is 0.596. The summed E-state index contributed by atoms with van der Waals surface area (Å²) in [6, 6.07) is 6.31. The topological polar surface area (TPSA) is 100 Å². The number of aromatic nitrogens is 1. The zero-order valence-electron chi connectivity index (χ0n) is 9.94. The minimum Gasteiger partial charge on any atom is -0.396 e. The zero-order chi connectivity index (χ0) is 14.0. The van der Waals surface area contributed by atoms with Crippen molar-refractivity contribution < 1.29 is 8.42 Å². The Morgan fingerprint density at radius 2 is 2.16 bits per heavy atom. The van der Waals surface area contributed by atoms with Crippen LogP contribution in [0.5, 0.6) is 0 Å². The lowest BCUT2D eigenvalue weighted by Crippen LogP contribution is -2.26. The molecule has 0 radical (unpaired) electrons. The second-order valence-electron chi connectivity index (χ2n) is 3.64. The summed E-state index contributed by atoms with van der Waals surface area (Å²) >= 11 is 0.921. The first-order chi connectivity index (χ1) is 8.96. The molecule has 0 atom stereocenters. The van der Waals surface area contributed by atoms with E-state index in [4.69, 9.17) is 11.0 Å². The van der Waals surface area contributed by atoms with Crippen molar-refractivity contribution in [3.05, 3.63) is 35.5 Å². The summed E-state index contributed by atoms with van der Waals surface area (Å²) < 4.78 is 25.9. The molecule has 0 fully saturated rings. The predicted octanol–water partition coefficient (Wildman–Crippen LogP) is 1.42. The van der Waals surface area contributed by atoms with Crippen LogP contribution in [-0.4, -0.2) is 20.4 Å². The molecule has 2 heterocycles. The predicted molar refractivity (Wildman–Crippen MR) is 73.3 cm³/mol. The van der Waals surface area contributed by atoms with Crippen LogP contribution in [0.2, 0.25) is 0 Å². The van der Waals surface area contributed by atoms with Crippen molar-refractivity contribution in [1.82, 2.24) is 4.98 Å². The smallest absolute Gasteiger partial charge is 0.273 e. The van der Waals surface area contributed by atoms with Gasteiger partial charge in [0.2, 0.25) is 0 Å². The van der Waals surface area contributed by atoms with Gasteiger partial charge in [-0.05, 0) is 18.2 Å². The molecule has 2 aromatic rings. The van der Waals surface area contributed by atoms with Gasteiger partial charge < -0.3 is 5.73 Å². The Bertz CT molecular complexity index is 746. The Morgan fingerprint density at radius 3 is 2.74 bits per heavy atom. The maximum Gasteiger partial charge on any atom is 0.273 e. The minimum atomic E-state index is -3.71. The summed E-state index contributed by atoms with van der Waals surface area (Å²) in [4.78, 5) is 4.15. The number of anilines is 2. The molecule has 19 heavy (non-hydrogen) atoms. The third kappa shape index (κ3) is 2.38. The van der Waals surface area contributed by atoms with Crippen molar-refractivity contribution in [3.8, 4) is 6.07 Å². The molecule has 0 spiro atoms. The summed E-state index contributed by atoms with van der Waals surface area (Å²) in [7, 11) is -2.30. The molecular weight excluding hydrogens is 284 g/mol. The van der Waals surface area contributed by atoms with E-state index in [-0.39, 0.29) is 9.90 Å². The van der Waals surface area contributed by atoms with Gasteiger partial charge in [0.25, 0.3) is 10.0 Å². The minimum absolute atomic E-state index is 0.0998. The van der Waals surface area contributed by atoms with Gasteiger partial charge in [-0.3, -0.25) is 9.29 Å². The molecule has 0 saturated heterocycles. The number of pyridine rings is 1. The third-order valence-electron chi connectivity index (χ3n) is 2.47. The summed E-state index contributed by atoms with van der Waals surface area (Å²) in [6.45, 7) is 0. The first-order valence-electron chi connectivity index (χ1n) is 5.15. The Morgan fingerprint density at radius 1 is 1.42 bits per heavy atom. The largest absolute Gasteiger partial charge is 0.396 e. The van der Waals surface area contributed by atoms with Crippen LogP contribution in [0.25, 0.3) is 0 Å². The fraction of sp³-hybridized carbons (Fsp3) is 0.0909. The molecule has 0 amide bonds. The van der Waals surface area contributed by atoms with E-state index in [1.165, 1.54) is 37.6 Å². The molecule has 0 aromatic carbocycles. The number of thiophene rings is 1. The maximum atomic E-state index is 12.4. The number of nitrogens with two attached hydrogens (primary N) is 1. The van der Waals surface area contributed by atoms with E-state index in [0.29, 0.717) is 10.6 Å². The maximum absolute atomic E-state index is 12.4. The van der Waals surface area contributed by atoms with Crippen LogP contribution in [0.4, 0.5) is 11.4 Å². The van der Waals surface area contributed by atoms with Crippen LogP contribution >= 0.6 is 11.3 Å². The van der Waals surface area contributed by atoms with E-state index >= 15 is 0 Å². The van der Waals surface area contributed by atoms with Crippen molar-refractivity contribution in [2.45, 2.75) is 4.21 Å². The molecule has 2 aromatic heterocycles. The Kier molecular flexibility index (Phi) is 3.42. The monoisotopic (exact) mass is 294 g/mol. The number of hydrogen-bond donors (Lipinski definition) is 1. The third-order valence-corrected chi connectivity index (χ3v) is 5.70. The zero-order valence-corrected chi connectivity index (χ0v) is 11.6. The van der Waals surface area contributed by atoms with Gasteiger partial charge in [-0.15, -0.1) is 11.3 Å². The number of nitrogen functional groups attached to an aromatic ring is 1. The molecule has 0 saturated carbocycles. The highest BCUT2D eigenvalue weighted by Crippen LogP contribution is 2.29. The number of sulfonamides is 1. The van der Waals surface area contributed by atoms with Gasteiger partial charge >= 0.3 is 0 Å². The van der Waals surface area contributed by atoms with Crippen LogP contribution in [0.3, 0.4) is 0 Å². The van der Waals surface area contributed by atoms with Gasteiger partial charge in [-0.25, -0.2) is 8.42 Å². The first kappa shape index (κ1) is 13.3. The summed E-state index contributed by atoms with van der Waals surface area (Å²) in [6.07, 6.45) is 2.85. The molecule has 0 aliphatic heterocycles. The van der Waals surface area contributed by atoms with Crippen LogP contribution in [0.1, 0.15) is 4.88 Å². The molecule has 6 nitrogen and oxygen atoms in total. The molecular formula is C11H10N4O2S2. The van der Waals surface area contributed by atoms with E-state index in [1.54, 1.807) is 0 Å². The first-order valence-corrected chi connectivity index (χ1v) is 7.41. The van der Waals surface area contributed by atoms with Gasteiger partial charge in [-0.1, -0.05) is 0 Å². The van der Waals surface area contributed by atoms with Crippen molar-refractivity contribution in [2.24, 2.45) is 0 Å². The average Bonchev–Trinajstić information content (AvgIpc) is 2.88.